The Morgan fingerprint density at radius 3 is 2.67 bits per heavy atom. The van der Waals surface area contributed by atoms with E-state index in [-0.39, 0.29) is 10.6 Å². The van der Waals surface area contributed by atoms with Crippen molar-refractivity contribution in [2.45, 2.75) is 4.90 Å². The van der Waals surface area contributed by atoms with Crippen LogP contribution in [-0.4, -0.2) is 31.0 Å². The Morgan fingerprint density at radius 1 is 1.43 bits per heavy atom. The molecule has 0 fully saturated rings. The first-order chi connectivity index (χ1) is 9.82. The van der Waals surface area contributed by atoms with Crippen LogP contribution in [0.25, 0.3) is 0 Å². The van der Waals surface area contributed by atoms with Crippen LogP contribution in [0.5, 0.6) is 5.75 Å². The molecule has 0 bridgehead atoms. The van der Waals surface area contributed by atoms with Crippen LogP contribution in [0.2, 0.25) is 0 Å². The maximum atomic E-state index is 12.1. The molecule has 1 amide bonds. The first-order valence-electron chi connectivity index (χ1n) is 5.81. The summed E-state index contributed by atoms with van der Waals surface area (Å²) >= 11 is 0. The molecule has 21 heavy (non-hydrogen) atoms. The number of ether oxygens (including phenoxy) is 1. The molecule has 0 unspecified atom stereocenters. The maximum absolute atomic E-state index is 12.1. The van der Waals surface area contributed by atoms with Gasteiger partial charge in [0.25, 0.3) is 5.91 Å². The van der Waals surface area contributed by atoms with Gasteiger partial charge in [-0.2, -0.15) is 0 Å². The summed E-state index contributed by atoms with van der Waals surface area (Å²) in [6.07, 6.45) is 2.87. The molecule has 3 N–H and O–H groups in total. The fourth-order valence-corrected chi connectivity index (χ4v) is 2.26. The molecular formula is C12H14N4O4S. The Kier molecular flexibility index (Phi) is 3.96. The topological polar surface area (TPSA) is 116 Å². The number of nitrogens with zero attached hydrogens (tertiary/aromatic N) is 2. The number of aromatic nitrogens is 2. The Morgan fingerprint density at radius 2 is 2.14 bits per heavy atom. The average Bonchev–Trinajstić information content (AvgIpc) is 2.84. The standard InChI is InChI=1S/C12H14N4O4S/c1-16-7-14-6-10(16)12(17)15-9-5-8(21(13,18)19)3-4-11(9)20-2/h3-7H,1-2H3,(H,15,17)(H2,13,18,19). The Balaban J connectivity index is 2.38. The van der Waals surface area contributed by atoms with Gasteiger partial charge in [0.1, 0.15) is 11.4 Å². The van der Waals surface area contributed by atoms with Crippen molar-refractivity contribution < 1.29 is 17.9 Å². The molecule has 2 rings (SSSR count). The fourth-order valence-electron chi connectivity index (χ4n) is 1.72. The van der Waals surface area contributed by atoms with Crippen LogP contribution in [0.1, 0.15) is 10.5 Å². The summed E-state index contributed by atoms with van der Waals surface area (Å²) in [6.45, 7) is 0. The molecule has 0 saturated carbocycles. The number of nitrogens with two attached hydrogens (primary N) is 1. The molecule has 0 spiro atoms. The van der Waals surface area contributed by atoms with Gasteiger partial charge in [0.05, 0.1) is 30.2 Å². The summed E-state index contributed by atoms with van der Waals surface area (Å²) in [5.41, 5.74) is 0.522. The number of benzene rings is 1. The molecular weight excluding hydrogens is 296 g/mol. The predicted molar refractivity (Wildman–Crippen MR) is 75.5 cm³/mol. The first-order valence-corrected chi connectivity index (χ1v) is 7.36. The van der Waals surface area contributed by atoms with Crippen molar-refractivity contribution >= 4 is 21.6 Å². The lowest BCUT2D eigenvalue weighted by atomic mass is 10.3. The Hall–Kier alpha value is -2.39. The van der Waals surface area contributed by atoms with E-state index >= 15 is 0 Å². The van der Waals surface area contributed by atoms with Crippen molar-refractivity contribution in [1.29, 1.82) is 0 Å². The van der Waals surface area contributed by atoms with Crippen molar-refractivity contribution in [1.82, 2.24) is 9.55 Å². The number of anilines is 1. The van der Waals surface area contributed by atoms with Gasteiger partial charge in [0, 0.05) is 7.05 Å². The van der Waals surface area contributed by atoms with E-state index < -0.39 is 15.9 Å². The molecule has 9 heteroatoms. The minimum absolute atomic E-state index is 0.122. The van der Waals surface area contributed by atoms with Crippen LogP contribution in [-0.2, 0) is 17.1 Å². The van der Waals surface area contributed by atoms with Crippen molar-refractivity contribution in [3.8, 4) is 5.75 Å². The average molecular weight is 310 g/mol. The number of imidazole rings is 1. The SMILES string of the molecule is COc1ccc(S(N)(=O)=O)cc1NC(=O)c1cncn1C. The molecule has 0 aliphatic heterocycles. The van der Waals surface area contributed by atoms with Crippen molar-refractivity contribution in [2.24, 2.45) is 12.2 Å². The van der Waals surface area contributed by atoms with E-state index in [0.717, 1.165) is 0 Å². The lowest BCUT2D eigenvalue weighted by Gasteiger charge is -2.11. The third-order valence-corrected chi connectivity index (χ3v) is 3.71. The third-order valence-electron chi connectivity index (χ3n) is 2.80. The van der Waals surface area contributed by atoms with Gasteiger partial charge in [-0.25, -0.2) is 18.5 Å². The van der Waals surface area contributed by atoms with E-state index in [1.54, 1.807) is 7.05 Å². The van der Waals surface area contributed by atoms with Crippen molar-refractivity contribution in [2.75, 3.05) is 12.4 Å². The van der Waals surface area contributed by atoms with Crippen LogP contribution in [0.4, 0.5) is 5.69 Å². The van der Waals surface area contributed by atoms with Crippen LogP contribution >= 0.6 is 0 Å². The zero-order valence-corrected chi connectivity index (χ0v) is 12.2. The maximum Gasteiger partial charge on any atom is 0.274 e. The zero-order chi connectivity index (χ0) is 15.6. The lowest BCUT2D eigenvalue weighted by Crippen LogP contribution is -2.17. The number of primary sulfonamides is 1. The number of hydrogen-bond donors (Lipinski definition) is 2. The quantitative estimate of drug-likeness (QED) is 0.844. The smallest absolute Gasteiger partial charge is 0.274 e. The second kappa shape index (κ2) is 5.54. The van der Waals surface area contributed by atoms with Gasteiger partial charge < -0.3 is 14.6 Å². The second-order valence-electron chi connectivity index (χ2n) is 4.25. The highest BCUT2D eigenvalue weighted by atomic mass is 32.2. The summed E-state index contributed by atoms with van der Waals surface area (Å²) < 4.78 is 29.3. The van der Waals surface area contributed by atoms with Crippen LogP contribution in [0, 0.1) is 0 Å². The fraction of sp³-hybridized carbons (Fsp3) is 0.167. The van der Waals surface area contributed by atoms with E-state index in [2.05, 4.69) is 10.3 Å². The number of aryl methyl sites for hydroxylation is 1. The molecule has 1 aromatic heterocycles. The molecule has 0 radical (unpaired) electrons. The normalized spacial score (nSPS) is 11.2. The number of sulfonamides is 1. The van der Waals surface area contributed by atoms with Crippen LogP contribution < -0.4 is 15.2 Å². The highest BCUT2D eigenvalue weighted by Gasteiger charge is 2.16. The molecule has 8 nitrogen and oxygen atoms in total. The number of hydrogen-bond acceptors (Lipinski definition) is 5. The van der Waals surface area contributed by atoms with E-state index in [9.17, 15) is 13.2 Å². The number of rotatable bonds is 4. The monoisotopic (exact) mass is 310 g/mol. The number of carbonyl (C=O) groups is 1. The Labute approximate surface area is 121 Å². The lowest BCUT2D eigenvalue weighted by molar-refractivity contribution is 0.101. The third kappa shape index (κ3) is 3.20. The highest BCUT2D eigenvalue weighted by Crippen LogP contribution is 2.27. The molecule has 1 aromatic carbocycles. The van der Waals surface area contributed by atoms with Gasteiger partial charge in [-0.1, -0.05) is 0 Å². The number of carbonyl (C=O) groups excluding carboxylic acids is 1. The van der Waals surface area contributed by atoms with E-state index in [4.69, 9.17) is 9.88 Å². The van der Waals surface area contributed by atoms with Gasteiger partial charge in [-0.15, -0.1) is 0 Å². The predicted octanol–water partition coefficient (Wildman–Crippen LogP) is 0.328. The molecule has 0 aliphatic rings. The largest absolute Gasteiger partial charge is 0.495 e. The Bertz CT molecular complexity index is 782. The summed E-state index contributed by atoms with van der Waals surface area (Å²) in [5.74, 6) is -0.127. The number of nitrogens with one attached hydrogen (secondary N) is 1. The molecule has 112 valence electrons. The second-order valence-corrected chi connectivity index (χ2v) is 5.81. The van der Waals surface area contributed by atoms with E-state index in [0.29, 0.717) is 11.4 Å². The molecule has 0 saturated heterocycles. The molecule has 2 aromatic rings. The first kappa shape index (κ1) is 15.0. The summed E-state index contributed by atoms with van der Waals surface area (Å²) in [4.78, 5) is 15.8. The van der Waals surface area contributed by atoms with E-state index in [1.807, 2.05) is 0 Å². The van der Waals surface area contributed by atoms with Gasteiger partial charge in [0.15, 0.2) is 0 Å². The summed E-state index contributed by atoms with van der Waals surface area (Å²) in [6, 6.07) is 3.95. The van der Waals surface area contributed by atoms with Crippen molar-refractivity contribution in [3.63, 3.8) is 0 Å². The van der Waals surface area contributed by atoms with E-state index in [1.165, 1.54) is 42.4 Å². The van der Waals surface area contributed by atoms with Gasteiger partial charge in [-0.05, 0) is 18.2 Å². The van der Waals surface area contributed by atoms with Crippen LogP contribution in [0.15, 0.2) is 35.6 Å². The molecule has 0 aliphatic carbocycles. The van der Waals surface area contributed by atoms with Crippen LogP contribution in [0.3, 0.4) is 0 Å². The minimum Gasteiger partial charge on any atom is -0.495 e. The number of amides is 1. The highest BCUT2D eigenvalue weighted by molar-refractivity contribution is 7.89. The molecule has 0 atom stereocenters. The van der Waals surface area contributed by atoms with Gasteiger partial charge in [-0.3, -0.25) is 4.79 Å². The summed E-state index contributed by atoms with van der Waals surface area (Å²) in [5, 5.41) is 7.64. The van der Waals surface area contributed by atoms with Crippen molar-refractivity contribution in [3.05, 3.63) is 36.4 Å². The van der Waals surface area contributed by atoms with Gasteiger partial charge in [0.2, 0.25) is 10.0 Å². The minimum atomic E-state index is -3.87. The summed E-state index contributed by atoms with van der Waals surface area (Å²) in [7, 11) is -0.797. The van der Waals surface area contributed by atoms with Gasteiger partial charge >= 0.3 is 0 Å². The number of methoxy groups -OCH3 is 1. The molecule has 1 heterocycles. The zero-order valence-electron chi connectivity index (χ0n) is 11.4.